The highest BCUT2D eigenvalue weighted by Gasteiger charge is 2.28. The summed E-state index contributed by atoms with van der Waals surface area (Å²) < 4.78 is 28.1. The van der Waals surface area contributed by atoms with Crippen molar-refractivity contribution in [1.82, 2.24) is 5.32 Å². The smallest absolute Gasteiger partial charge is 0.258 e. The van der Waals surface area contributed by atoms with Gasteiger partial charge in [0.15, 0.2) is 16.4 Å². The number of carbonyl (C=O) groups excluding carboxylic acids is 1. The van der Waals surface area contributed by atoms with E-state index in [1.165, 1.54) is 0 Å². The number of carbonyl (C=O) groups is 1. The van der Waals surface area contributed by atoms with Crippen molar-refractivity contribution in [3.8, 4) is 5.75 Å². The largest absolute Gasteiger partial charge is 0.483 e. The predicted octanol–water partition coefficient (Wildman–Crippen LogP) is 0.986. The summed E-state index contributed by atoms with van der Waals surface area (Å²) in [6.07, 6.45) is 0.484. The predicted molar refractivity (Wildman–Crippen MR) is 76.6 cm³/mol. The summed E-state index contributed by atoms with van der Waals surface area (Å²) in [7, 11) is -2.98. The fourth-order valence-corrected chi connectivity index (χ4v) is 3.86. The summed E-state index contributed by atoms with van der Waals surface area (Å²) in [4.78, 5) is 11.7. The lowest BCUT2D eigenvalue weighted by molar-refractivity contribution is -0.123. The number of amides is 1. The van der Waals surface area contributed by atoms with E-state index in [2.05, 4.69) is 5.32 Å². The van der Waals surface area contributed by atoms with E-state index in [1.807, 2.05) is 32.0 Å². The molecule has 5 nitrogen and oxygen atoms in total. The molecule has 1 aromatic rings. The number of nitrogens with one attached hydrogen (secondary N) is 1. The van der Waals surface area contributed by atoms with Crippen LogP contribution in [0.25, 0.3) is 0 Å². The first-order chi connectivity index (χ1) is 9.35. The normalized spacial score (nSPS) is 20.6. The van der Waals surface area contributed by atoms with E-state index in [4.69, 9.17) is 4.74 Å². The third-order valence-corrected chi connectivity index (χ3v) is 5.07. The summed E-state index contributed by atoms with van der Waals surface area (Å²) in [5, 5.41) is 2.70. The van der Waals surface area contributed by atoms with Crippen molar-refractivity contribution in [2.75, 3.05) is 18.1 Å². The van der Waals surface area contributed by atoms with Crippen molar-refractivity contribution in [2.24, 2.45) is 0 Å². The molecule has 0 aromatic heterocycles. The minimum Gasteiger partial charge on any atom is -0.483 e. The third kappa shape index (κ3) is 3.96. The second-order valence-electron chi connectivity index (χ2n) is 5.23. The SMILES string of the molecule is Cc1ccc(C)c(OCC(=O)N[C@@H]2CCS(=O)(=O)C2)c1. The lowest BCUT2D eigenvalue weighted by Gasteiger charge is -2.13. The molecule has 0 bridgehead atoms. The maximum absolute atomic E-state index is 11.7. The Morgan fingerprint density at radius 2 is 2.15 bits per heavy atom. The quantitative estimate of drug-likeness (QED) is 0.899. The Morgan fingerprint density at radius 3 is 2.80 bits per heavy atom. The zero-order valence-corrected chi connectivity index (χ0v) is 12.5. The summed E-state index contributed by atoms with van der Waals surface area (Å²) in [6.45, 7) is 3.77. The van der Waals surface area contributed by atoms with Crippen LogP contribution in [0.5, 0.6) is 5.75 Å². The molecule has 1 N–H and O–H groups in total. The molecule has 20 heavy (non-hydrogen) atoms. The molecule has 6 heteroatoms. The minimum atomic E-state index is -2.98. The molecule has 2 rings (SSSR count). The van der Waals surface area contributed by atoms with E-state index in [-0.39, 0.29) is 30.1 Å². The van der Waals surface area contributed by atoms with E-state index in [0.717, 1.165) is 11.1 Å². The van der Waals surface area contributed by atoms with Gasteiger partial charge in [-0.1, -0.05) is 12.1 Å². The molecular weight excluding hydrogens is 278 g/mol. The number of hydrogen-bond acceptors (Lipinski definition) is 4. The van der Waals surface area contributed by atoms with Gasteiger partial charge in [0.25, 0.3) is 5.91 Å². The van der Waals surface area contributed by atoms with E-state index in [0.29, 0.717) is 12.2 Å². The Balaban J connectivity index is 1.85. The molecule has 0 saturated carbocycles. The highest BCUT2D eigenvalue weighted by Crippen LogP contribution is 2.19. The molecule has 0 radical (unpaired) electrons. The Morgan fingerprint density at radius 1 is 1.40 bits per heavy atom. The van der Waals surface area contributed by atoms with Crippen molar-refractivity contribution >= 4 is 15.7 Å². The first kappa shape index (κ1) is 14.8. The van der Waals surface area contributed by atoms with Crippen molar-refractivity contribution < 1.29 is 17.9 Å². The topological polar surface area (TPSA) is 72.5 Å². The van der Waals surface area contributed by atoms with Gasteiger partial charge in [0.1, 0.15) is 5.75 Å². The number of ether oxygens (including phenoxy) is 1. The first-order valence-corrected chi connectivity index (χ1v) is 8.38. The van der Waals surface area contributed by atoms with Gasteiger partial charge < -0.3 is 10.1 Å². The minimum absolute atomic E-state index is 0.0300. The number of benzene rings is 1. The van der Waals surface area contributed by atoms with Crippen LogP contribution in [0.15, 0.2) is 18.2 Å². The van der Waals surface area contributed by atoms with Gasteiger partial charge in [0.2, 0.25) is 0 Å². The molecule has 1 amide bonds. The zero-order valence-electron chi connectivity index (χ0n) is 11.7. The van der Waals surface area contributed by atoms with Gasteiger partial charge in [-0.25, -0.2) is 8.42 Å². The number of aryl methyl sites for hydroxylation is 2. The highest BCUT2D eigenvalue weighted by atomic mass is 32.2. The maximum Gasteiger partial charge on any atom is 0.258 e. The van der Waals surface area contributed by atoms with Crippen LogP contribution in [0.2, 0.25) is 0 Å². The van der Waals surface area contributed by atoms with E-state index < -0.39 is 9.84 Å². The second-order valence-corrected chi connectivity index (χ2v) is 7.45. The van der Waals surface area contributed by atoms with Crippen LogP contribution >= 0.6 is 0 Å². The van der Waals surface area contributed by atoms with E-state index in [9.17, 15) is 13.2 Å². The maximum atomic E-state index is 11.7. The van der Waals surface area contributed by atoms with Crippen molar-refractivity contribution in [2.45, 2.75) is 26.3 Å². The van der Waals surface area contributed by atoms with Gasteiger partial charge in [-0.2, -0.15) is 0 Å². The summed E-state index contributed by atoms with van der Waals surface area (Å²) in [6, 6.07) is 5.51. The fraction of sp³-hybridized carbons (Fsp3) is 0.500. The van der Waals surface area contributed by atoms with Crippen LogP contribution in [0.1, 0.15) is 17.5 Å². The molecular formula is C14H19NO4S. The molecule has 1 saturated heterocycles. The Bertz CT molecular complexity index is 610. The summed E-state index contributed by atoms with van der Waals surface area (Å²) in [5.74, 6) is 0.574. The van der Waals surface area contributed by atoms with Crippen molar-refractivity contribution in [3.05, 3.63) is 29.3 Å². The molecule has 110 valence electrons. The Labute approximate surface area is 119 Å². The fourth-order valence-electron chi connectivity index (χ4n) is 2.18. The number of hydrogen-bond donors (Lipinski definition) is 1. The van der Waals surface area contributed by atoms with Crippen LogP contribution in [0.3, 0.4) is 0 Å². The van der Waals surface area contributed by atoms with Gasteiger partial charge in [-0.15, -0.1) is 0 Å². The second kappa shape index (κ2) is 5.83. The lowest BCUT2D eigenvalue weighted by Crippen LogP contribution is -2.38. The zero-order chi connectivity index (χ0) is 14.8. The van der Waals surface area contributed by atoms with Crippen molar-refractivity contribution in [1.29, 1.82) is 0 Å². The number of rotatable bonds is 4. The first-order valence-electron chi connectivity index (χ1n) is 6.55. The molecule has 0 unspecified atom stereocenters. The van der Waals surface area contributed by atoms with Crippen LogP contribution < -0.4 is 10.1 Å². The summed E-state index contributed by atoms with van der Waals surface area (Å²) >= 11 is 0. The summed E-state index contributed by atoms with van der Waals surface area (Å²) in [5.41, 5.74) is 2.03. The highest BCUT2D eigenvalue weighted by molar-refractivity contribution is 7.91. The Hall–Kier alpha value is -1.56. The lowest BCUT2D eigenvalue weighted by atomic mass is 10.1. The van der Waals surface area contributed by atoms with E-state index in [1.54, 1.807) is 0 Å². The molecule has 1 aromatic carbocycles. The molecule has 1 aliphatic heterocycles. The molecule has 1 fully saturated rings. The van der Waals surface area contributed by atoms with Crippen LogP contribution in [-0.2, 0) is 14.6 Å². The van der Waals surface area contributed by atoms with E-state index >= 15 is 0 Å². The molecule has 1 aliphatic rings. The third-order valence-electron chi connectivity index (χ3n) is 3.30. The standard InChI is InChI=1S/C14H19NO4S/c1-10-3-4-11(2)13(7-10)19-8-14(16)15-12-5-6-20(17,18)9-12/h3-4,7,12H,5-6,8-9H2,1-2H3,(H,15,16)/t12-/m1/s1. The van der Waals surface area contributed by atoms with Crippen LogP contribution in [0.4, 0.5) is 0 Å². The Kier molecular flexibility index (Phi) is 4.32. The molecule has 0 aliphatic carbocycles. The molecule has 0 spiro atoms. The van der Waals surface area contributed by atoms with Gasteiger partial charge >= 0.3 is 0 Å². The van der Waals surface area contributed by atoms with Gasteiger partial charge in [0.05, 0.1) is 11.5 Å². The molecule has 1 atom stereocenters. The van der Waals surface area contributed by atoms with Gasteiger partial charge in [0, 0.05) is 6.04 Å². The van der Waals surface area contributed by atoms with Crippen LogP contribution in [0, 0.1) is 13.8 Å². The molecule has 1 heterocycles. The average Bonchev–Trinajstić information content (AvgIpc) is 2.70. The average molecular weight is 297 g/mol. The number of sulfone groups is 1. The van der Waals surface area contributed by atoms with Gasteiger partial charge in [-0.3, -0.25) is 4.79 Å². The van der Waals surface area contributed by atoms with Gasteiger partial charge in [-0.05, 0) is 37.5 Å². The monoisotopic (exact) mass is 297 g/mol. The van der Waals surface area contributed by atoms with Crippen LogP contribution in [-0.4, -0.2) is 38.5 Å². The van der Waals surface area contributed by atoms with Crippen molar-refractivity contribution in [3.63, 3.8) is 0 Å².